The predicted octanol–water partition coefficient (Wildman–Crippen LogP) is 2.37. The zero-order valence-electron chi connectivity index (χ0n) is 11.2. The lowest BCUT2D eigenvalue weighted by Crippen LogP contribution is -2.33. The smallest absolute Gasteiger partial charge is 0.172 e. The highest BCUT2D eigenvalue weighted by molar-refractivity contribution is 14.1. The SMILES string of the molecule is ICCOCCOCCOCC1COc2cscc2O1. The van der Waals surface area contributed by atoms with Crippen LogP contribution in [-0.2, 0) is 14.2 Å². The largest absolute Gasteiger partial charge is 0.485 e. The average molecular weight is 414 g/mol. The summed E-state index contributed by atoms with van der Waals surface area (Å²) in [4.78, 5) is 0. The van der Waals surface area contributed by atoms with Gasteiger partial charge in [-0.05, 0) is 0 Å². The van der Waals surface area contributed by atoms with Crippen LogP contribution in [0.5, 0.6) is 11.5 Å². The molecule has 1 aliphatic heterocycles. The van der Waals surface area contributed by atoms with Crippen LogP contribution in [0.25, 0.3) is 0 Å². The van der Waals surface area contributed by atoms with Crippen molar-refractivity contribution in [1.82, 2.24) is 0 Å². The zero-order chi connectivity index (χ0) is 14.0. The van der Waals surface area contributed by atoms with Crippen LogP contribution in [0.4, 0.5) is 0 Å². The third kappa shape index (κ3) is 5.72. The Morgan fingerprint density at radius 2 is 1.75 bits per heavy atom. The molecule has 5 nitrogen and oxygen atoms in total. The summed E-state index contributed by atoms with van der Waals surface area (Å²) in [6.07, 6.45) is -0.0379. The first-order valence-electron chi connectivity index (χ1n) is 6.55. The van der Waals surface area contributed by atoms with Gasteiger partial charge in [0, 0.05) is 15.2 Å². The second-order valence-corrected chi connectivity index (χ2v) is 5.96. The monoisotopic (exact) mass is 414 g/mol. The molecule has 1 aromatic heterocycles. The molecule has 1 unspecified atom stereocenters. The zero-order valence-corrected chi connectivity index (χ0v) is 14.2. The molecule has 7 heteroatoms. The molecular weight excluding hydrogens is 395 g/mol. The maximum atomic E-state index is 5.74. The van der Waals surface area contributed by atoms with E-state index >= 15 is 0 Å². The molecule has 2 heterocycles. The number of hydrogen-bond donors (Lipinski definition) is 0. The first-order valence-corrected chi connectivity index (χ1v) is 9.02. The molecule has 1 aromatic rings. The van der Waals surface area contributed by atoms with Crippen LogP contribution in [0.1, 0.15) is 0 Å². The first-order chi connectivity index (χ1) is 9.90. The first kappa shape index (κ1) is 16.3. The number of halogens is 1. The highest BCUT2D eigenvalue weighted by Gasteiger charge is 2.21. The van der Waals surface area contributed by atoms with Crippen molar-refractivity contribution >= 4 is 33.9 Å². The van der Waals surface area contributed by atoms with E-state index in [0.29, 0.717) is 39.6 Å². The Balaban J connectivity index is 1.44. The lowest BCUT2D eigenvalue weighted by atomic mass is 10.3. The molecule has 1 atom stereocenters. The quantitative estimate of drug-likeness (QED) is 0.334. The lowest BCUT2D eigenvalue weighted by Gasteiger charge is -2.24. The van der Waals surface area contributed by atoms with E-state index in [1.807, 2.05) is 10.8 Å². The van der Waals surface area contributed by atoms with Crippen molar-refractivity contribution in [3.05, 3.63) is 10.8 Å². The predicted molar refractivity (Wildman–Crippen MR) is 85.6 cm³/mol. The molecule has 2 rings (SSSR count). The third-order valence-corrected chi connectivity index (χ3v) is 3.72. The summed E-state index contributed by atoms with van der Waals surface area (Å²) in [6.45, 7) is 4.22. The molecule has 0 N–H and O–H groups in total. The summed E-state index contributed by atoms with van der Waals surface area (Å²) < 4.78 is 28.5. The highest BCUT2D eigenvalue weighted by Crippen LogP contribution is 2.35. The van der Waals surface area contributed by atoms with Gasteiger partial charge in [0.25, 0.3) is 0 Å². The summed E-state index contributed by atoms with van der Waals surface area (Å²) in [5, 5.41) is 3.89. The Morgan fingerprint density at radius 3 is 2.55 bits per heavy atom. The number of thiophene rings is 1. The van der Waals surface area contributed by atoms with Crippen molar-refractivity contribution in [1.29, 1.82) is 0 Å². The van der Waals surface area contributed by atoms with E-state index in [4.69, 9.17) is 23.7 Å². The van der Waals surface area contributed by atoms with Crippen LogP contribution < -0.4 is 9.47 Å². The molecule has 0 spiro atoms. The van der Waals surface area contributed by atoms with Gasteiger partial charge in [0.2, 0.25) is 0 Å². The van der Waals surface area contributed by atoms with E-state index in [0.717, 1.165) is 22.5 Å². The van der Waals surface area contributed by atoms with Gasteiger partial charge in [-0.25, -0.2) is 0 Å². The molecule has 0 saturated heterocycles. The second-order valence-electron chi connectivity index (χ2n) is 4.14. The Kier molecular flexibility index (Phi) is 7.96. The fourth-order valence-electron chi connectivity index (χ4n) is 1.65. The lowest BCUT2D eigenvalue weighted by molar-refractivity contribution is -0.0194. The molecule has 114 valence electrons. The van der Waals surface area contributed by atoms with Crippen molar-refractivity contribution in [3.8, 4) is 11.5 Å². The molecule has 0 saturated carbocycles. The summed E-state index contributed by atoms with van der Waals surface area (Å²) in [7, 11) is 0. The normalized spacial score (nSPS) is 17.4. The van der Waals surface area contributed by atoms with E-state index in [-0.39, 0.29) is 6.10 Å². The van der Waals surface area contributed by atoms with E-state index in [2.05, 4.69) is 22.6 Å². The minimum absolute atomic E-state index is 0.0379. The fourth-order valence-corrected chi connectivity index (χ4v) is 2.63. The fraction of sp³-hybridized carbons (Fsp3) is 0.692. The van der Waals surface area contributed by atoms with Crippen molar-refractivity contribution in [2.75, 3.05) is 50.7 Å². The molecule has 1 aliphatic rings. The topological polar surface area (TPSA) is 46.2 Å². The highest BCUT2D eigenvalue weighted by atomic mass is 127. The minimum atomic E-state index is -0.0379. The summed E-state index contributed by atoms with van der Waals surface area (Å²) in [5.74, 6) is 1.65. The van der Waals surface area contributed by atoms with Crippen LogP contribution in [0.2, 0.25) is 0 Å². The van der Waals surface area contributed by atoms with Crippen LogP contribution in [-0.4, -0.2) is 56.8 Å². The van der Waals surface area contributed by atoms with E-state index in [1.165, 1.54) is 0 Å². The van der Waals surface area contributed by atoms with Crippen LogP contribution in [0.3, 0.4) is 0 Å². The van der Waals surface area contributed by atoms with E-state index in [1.54, 1.807) is 11.3 Å². The maximum Gasteiger partial charge on any atom is 0.172 e. The molecule has 20 heavy (non-hydrogen) atoms. The second kappa shape index (κ2) is 9.78. The standard InChI is InChI=1S/C13H19IO5S/c14-1-2-15-3-4-16-5-6-17-7-11-8-18-12-9-20-10-13(12)19-11/h9-11H,1-8H2. The van der Waals surface area contributed by atoms with E-state index in [9.17, 15) is 0 Å². The number of alkyl halides is 1. The molecule has 0 bridgehead atoms. The Hall–Kier alpha value is -0.0900. The van der Waals surface area contributed by atoms with Gasteiger partial charge in [-0.3, -0.25) is 0 Å². The number of rotatable bonds is 10. The molecule has 0 aliphatic carbocycles. The van der Waals surface area contributed by atoms with Crippen LogP contribution in [0.15, 0.2) is 10.8 Å². The Bertz CT molecular complexity index is 373. The van der Waals surface area contributed by atoms with Crippen molar-refractivity contribution < 1.29 is 23.7 Å². The van der Waals surface area contributed by atoms with Gasteiger partial charge >= 0.3 is 0 Å². The summed E-state index contributed by atoms with van der Waals surface area (Å²) >= 11 is 3.86. The molecule has 0 fully saturated rings. The maximum absolute atomic E-state index is 5.74. The minimum Gasteiger partial charge on any atom is -0.485 e. The van der Waals surface area contributed by atoms with Gasteiger partial charge in [0.05, 0.1) is 39.6 Å². The number of hydrogen-bond acceptors (Lipinski definition) is 6. The van der Waals surface area contributed by atoms with Crippen molar-refractivity contribution in [2.45, 2.75) is 6.10 Å². The molecular formula is C13H19IO5S. The number of ether oxygens (including phenoxy) is 5. The summed E-state index contributed by atoms with van der Waals surface area (Å²) in [6, 6.07) is 0. The van der Waals surface area contributed by atoms with Crippen molar-refractivity contribution in [3.63, 3.8) is 0 Å². The summed E-state index contributed by atoms with van der Waals surface area (Å²) in [5.41, 5.74) is 0. The van der Waals surface area contributed by atoms with Gasteiger partial charge in [-0.1, -0.05) is 22.6 Å². The van der Waals surface area contributed by atoms with Crippen molar-refractivity contribution in [2.24, 2.45) is 0 Å². The van der Waals surface area contributed by atoms with Gasteiger partial charge in [-0.15, -0.1) is 11.3 Å². The average Bonchev–Trinajstić information content (AvgIpc) is 2.93. The van der Waals surface area contributed by atoms with Gasteiger partial charge in [0.15, 0.2) is 17.6 Å². The van der Waals surface area contributed by atoms with Gasteiger partial charge < -0.3 is 23.7 Å². The Morgan fingerprint density at radius 1 is 1.05 bits per heavy atom. The molecule has 0 amide bonds. The van der Waals surface area contributed by atoms with Gasteiger partial charge in [0.1, 0.15) is 6.61 Å². The molecule has 0 aromatic carbocycles. The molecule has 0 radical (unpaired) electrons. The number of fused-ring (bicyclic) bond motifs is 1. The third-order valence-electron chi connectivity index (χ3n) is 2.58. The van der Waals surface area contributed by atoms with Gasteiger partial charge in [-0.2, -0.15) is 0 Å². The van der Waals surface area contributed by atoms with Crippen LogP contribution >= 0.6 is 33.9 Å². The van der Waals surface area contributed by atoms with E-state index < -0.39 is 0 Å². The van der Waals surface area contributed by atoms with Crippen LogP contribution in [0, 0.1) is 0 Å². The Labute approximate surface area is 136 Å².